The molecular formula is C57H112. The van der Waals surface area contributed by atoms with Gasteiger partial charge in [-0.2, -0.15) is 0 Å². The van der Waals surface area contributed by atoms with Crippen LogP contribution in [0.15, 0.2) is 25.3 Å². The Hall–Kier alpha value is -0.520. The van der Waals surface area contributed by atoms with Crippen LogP contribution >= 0.6 is 0 Å². The summed E-state index contributed by atoms with van der Waals surface area (Å²) in [5.41, 5.74) is 0. The van der Waals surface area contributed by atoms with Crippen molar-refractivity contribution in [3.05, 3.63) is 25.3 Å². The fraction of sp³-hybridized carbons (Fsp3) is 0.930. The highest BCUT2D eigenvalue weighted by Gasteiger charge is 1.99. The van der Waals surface area contributed by atoms with Gasteiger partial charge in [-0.15, -0.1) is 13.2 Å². The fourth-order valence-corrected chi connectivity index (χ4v) is 9.24. The fourth-order valence-electron chi connectivity index (χ4n) is 9.24. The molecule has 0 heterocycles. The molecule has 0 spiro atoms. The number of hydrogen-bond acceptors (Lipinski definition) is 0. The average Bonchev–Trinajstić information content (AvgIpc) is 3.22. The Balaban J connectivity index is 3.06. The van der Waals surface area contributed by atoms with Crippen LogP contribution in [0.4, 0.5) is 0 Å². The van der Waals surface area contributed by atoms with Crippen molar-refractivity contribution in [3.8, 4) is 0 Å². The normalized spacial score (nSPS) is 11.5. The minimum absolute atomic E-state index is 1.21. The van der Waals surface area contributed by atoms with E-state index in [-0.39, 0.29) is 0 Å². The molecule has 0 rings (SSSR count). The molecule has 0 aromatic rings. The van der Waals surface area contributed by atoms with Crippen LogP contribution in [0.2, 0.25) is 0 Å². The summed E-state index contributed by atoms with van der Waals surface area (Å²) in [7, 11) is 0. The highest BCUT2D eigenvalue weighted by Crippen LogP contribution is 2.19. The molecule has 0 atom stereocenters. The van der Waals surface area contributed by atoms with Gasteiger partial charge in [-0.25, -0.2) is 0 Å². The molecule has 0 N–H and O–H groups in total. The molecule has 0 bridgehead atoms. The minimum Gasteiger partial charge on any atom is -0.103 e. The molecule has 0 aliphatic heterocycles. The smallest absolute Gasteiger partial charge is 0.0353 e. The lowest BCUT2D eigenvalue weighted by molar-refractivity contribution is 0.507. The van der Waals surface area contributed by atoms with Gasteiger partial charge in [-0.1, -0.05) is 327 Å². The van der Waals surface area contributed by atoms with E-state index < -0.39 is 0 Å². The third-order valence-corrected chi connectivity index (χ3v) is 13.3. The van der Waals surface area contributed by atoms with Crippen molar-refractivity contribution in [2.75, 3.05) is 0 Å². The number of hydrogen-bond donors (Lipinski definition) is 0. The molecular weight excluding hydrogens is 685 g/mol. The molecule has 0 saturated heterocycles. The molecule has 0 aliphatic carbocycles. The lowest BCUT2D eigenvalue weighted by atomic mass is 10.0. The van der Waals surface area contributed by atoms with Crippen molar-refractivity contribution >= 4 is 0 Å². The predicted molar refractivity (Wildman–Crippen MR) is 265 cm³/mol. The zero-order chi connectivity index (χ0) is 40.9. The van der Waals surface area contributed by atoms with Crippen molar-refractivity contribution in [2.24, 2.45) is 0 Å². The van der Waals surface area contributed by atoms with E-state index in [2.05, 4.69) is 25.3 Å². The molecule has 0 radical (unpaired) electrons. The summed E-state index contributed by atoms with van der Waals surface area (Å²) in [6.07, 6.45) is 81.9. The van der Waals surface area contributed by atoms with E-state index in [1.165, 1.54) is 340 Å². The lowest BCUT2D eigenvalue weighted by Gasteiger charge is -2.05. The van der Waals surface area contributed by atoms with E-state index >= 15 is 0 Å². The second kappa shape index (κ2) is 55.5. The van der Waals surface area contributed by atoms with E-state index in [4.69, 9.17) is 0 Å². The molecule has 0 heteroatoms. The van der Waals surface area contributed by atoms with Crippen LogP contribution in [0, 0.1) is 0 Å². The number of rotatable bonds is 54. The van der Waals surface area contributed by atoms with Gasteiger partial charge in [0.25, 0.3) is 0 Å². The van der Waals surface area contributed by atoms with Gasteiger partial charge in [-0.3, -0.25) is 0 Å². The van der Waals surface area contributed by atoms with Gasteiger partial charge in [0.15, 0.2) is 0 Å². The van der Waals surface area contributed by atoms with Crippen LogP contribution in [-0.4, -0.2) is 0 Å². The third kappa shape index (κ3) is 55.5. The second-order valence-corrected chi connectivity index (χ2v) is 19.2. The summed E-state index contributed by atoms with van der Waals surface area (Å²) in [4.78, 5) is 0. The lowest BCUT2D eigenvalue weighted by Crippen LogP contribution is -1.85. The Bertz CT molecular complexity index is 632. The van der Waals surface area contributed by atoms with E-state index in [1.54, 1.807) is 0 Å². The average molecular weight is 798 g/mol. The van der Waals surface area contributed by atoms with Gasteiger partial charge in [0.2, 0.25) is 0 Å². The topological polar surface area (TPSA) is 0 Å². The molecule has 0 saturated carbocycles. The van der Waals surface area contributed by atoms with Crippen LogP contribution in [-0.2, 0) is 0 Å². The summed E-state index contributed by atoms with van der Waals surface area (Å²) in [6, 6.07) is 0. The largest absolute Gasteiger partial charge is 0.103 e. The Morgan fingerprint density at radius 1 is 0.123 bits per heavy atom. The molecule has 0 unspecified atom stereocenters. The van der Waals surface area contributed by atoms with Crippen molar-refractivity contribution in [1.82, 2.24) is 0 Å². The van der Waals surface area contributed by atoms with Gasteiger partial charge >= 0.3 is 0 Å². The molecule has 0 fully saturated rings. The summed E-state index contributed by atoms with van der Waals surface area (Å²) in [5, 5.41) is 0. The quantitative estimate of drug-likeness (QED) is 0.0425. The van der Waals surface area contributed by atoms with E-state index in [9.17, 15) is 0 Å². The van der Waals surface area contributed by atoms with Crippen LogP contribution in [0.1, 0.15) is 340 Å². The second-order valence-electron chi connectivity index (χ2n) is 19.2. The van der Waals surface area contributed by atoms with Crippen LogP contribution in [0.25, 0.3) is 0 Å². The first kappa shape index (κ1) is 56.5. The van der Waals surface area contributed by atoms with E-state index in [0.29, 0.717) is 0 Å². The number of unbranched alkanes of at least 4 members (excludes halogenated alkanes) is 52. The molecule has 0 aliphatic rings. The van der Waals surface area contributed by atoms with Gasteiger partial charge in [-0.05, 0) is 25.7 Å². The minimum atomic E-state index is 1.21. The number of allylic oxidation sites excluding steroid dienone is 2. The molecule has 57 heavy (non-hydrogen) atoms. The molecule has 0 aromatic heterocycles. The highest BCUT2D eigenvalue weighted by molar-refractivity contribution is 4.66. The Morgan fingerprint density at radius 3 is 0.263 bits per heavy atom. The Morgan fingerprint density at radius 2 is 0.193 bits per heavy atom. The predicted octanol–water partition coefficient (Wildman–Crippen LogP) is 22.0. The zero-order valence-electron chi connectivity index (χ0n) is 40.0. The Labute approximate surface area is 364 Å². The van der Waals surface area contributed by atoms with Crippen LogP contribution in [0.5, 0.6) is 0 Å². The highest BCUT2D eigenvalue weighted by atomic mass is 14.1. The van der Waals surface area contributed by atoms with Crippen molar-refractivity contribution < 1.29 is 0 Å². The third-order valence-electron chi connectivity index (χ3n) is 13.3. The first-order chi connectivity index (χ1) is 28.4. The van der Waals surface area contributed by atoms with Crippen LogP contribution < -0.4 is 0 Å². The van der Waals surface area contributed by atoms with Crippen LogP contribution in [0.3, 0.4) is 0 Å². The standard InChI is InChI=1S/C57H112/c1-3-5-7-9-11-13-15-17-19-21-23-25-27-29-31-33-35-37-39-41-43-45-47-49-51-53-55-57-56-54-52-50-48-46-44-42-40-38-36-34-32-30-28-26-24-22-20-18-16-14-12-10-8-6-4-2/h3-4H,1-2,5-57H2. The van der Waals surface area contributed by atoms with Crippen molar-refractivity contribution in [3.63, 3.8) is 0 Å². The zero-order valence-corrected chi connectivity index (χ0v) is 40.0. The van der Waals surface area contributed by atoms with E-state index in [0.717, 1.165) is 0 Å². The summed E-state index contributed by atoms with van der Waals surface area (Å²) in [5.74, 6) is 0. The van der Waals surface area contributed by atoms with Crippen molar-refractivity contribution in [1.29, 1.82) is 0 Å². The maximum Gasteiger partial charge on any atom is -0.0353 e. The maximum absolute atomic E-state index is 3.82. The maximum atomic E-state index is 3.82. The summed E-state index contributed by atoms with van der Waals surface area (Å²) >= 11 is 0. The van der Waals surface area contributed by atoms with Gasteiger partial charge in [0.1, 0.15) is 0 Å². The molecule has 340 valence electrons. The first-order valence-electron chi connectivity index (χ1n) is 27.6. The monoisotopic (exact) mass is 797 g/mol. The molecule has 0 nitrogen and oxygen atoms in total. The SMILES string of the molecule is C=CCCCCCCCCCCCCCCCCCCCCCCCCCCCCCCCCCCCCCCCCCCCCCCCCCCCCCC=C. The van der Waals surface area contributed by atoms with Crippen molar-refractivity contribution in [2.45, 2.75) is 340 Å². The first-order valence-corrected chi connectivity index (χ1v) is 27.6. The van der Waals surface area contributed by atoms with Gasteiger partial charge < -0.3 is 0 Å². The van der Waals surface area contributed by atoms with Gasteiger partial charge in [0.05, 0.1) is 0 Å². The molecule has 0 amide bonds. The Kier molecular flexibility index (Phi) is 55.0. The van der Waals surface area contributed by atoms with E-state index in [1.807, 2.05) is 0 Å². The van der Waals surface area contributed by atoms with Gasteiger partial charge in [0, 0.05) is 0 Å². The summed E-state index contributed by atoms with van der Waals surface area (Å²) < 4.78 is 0. The molecule has 0 aromatic carbocycles. The summed E-state index contributed by atoms with van der Waals surface area (Å²) in [6.45, 7) is 7.63.